The number of ether oxygens (including phenoxy) is 5. The summed E-state index contributed by atoms with van der Waals surface area (Å²) in [6.07, 6.45) is 3.24. The van der Waals surface area contributed by atoms with E-state index in [0.29, 0.717) is 58.7 Å². The molecular weight excluding hydrogens is 492 g/mol. The minimum absolute atomic E-state index is 0.0789. The van der Waals surface area contributed by atoms with Crippen LogP contribution in [0, 0.1) is 0 Å². The van der Waals surface area contributed by atoms with Gasteiger partial charge in [0, 0.05) is 24.5 Å². The van der Waals surface area contributed by atoms with E-state index in [4.69, 9.17) is 23.7 Å². The van der Waals surface area contributed by atoms with E-state index in [0.717, 1.165) is 0 Å². The van der Waals surface area contributed by atoms with Crippen molar-refractivity contribution in [3.8, 4) is 28.7 Å². The Kier molecular flexibility index (Phi) is 6.78. The van der Waals surface area contributed by atoms with Crippen LogP contribution in [0.2, 0.25) is 0 Å². The molecule has 0 saturated carbocycles. The Morgan fingerprint density at radius 2 is 1.71 bits per heavy atom. The Hall–Kier alpha value is -4.73. The lowest BCUT2D eigenvalue weighted by Crippen LogP contribution is -2.29. The summed E-state index contributed by atoms with van der Waals surface area (Å²) in [7, 11) is 4.43. The van der Waals surface area contributed by atoms with Crippen LogP contribution in [-0.4, -0.2) is 61.2 Å². The number of ketones is 1. The molecule has 2 aliphatic heterocycles. The first-order valence-electron chi connectivity index (χ1n) is 11.8. The molecule has 1 fully saturated rings. The van der Waals surface area contributed by atoms with Crippen molar-refractivity contribution in [2.45, 2.75) is 12.6 Å². The lowest BCUT2D eigenvalue weighted by molar-refractivity contribution is -0.140. The number of carbonyl (C=O) groups excluding carboxylic acids is 2. The molecule has 3 heterocycles. The summed E-state index contributed by atoms with van der Waals surface area (Å²) in [5.41, 5.74) is 1.43. The predicted octanol–water partition coefficient (Wildman–Crippen LogP) is 3.50. The molecule has 0 aliphatic carbocycles. The molecule has 2 aliphatic rings. The number of benzene rings is 2. The second-order valence-electron chi connectivity index (χ2n) is 8.61. The maximum atomic E-state index is 13.5. The number of fused-ring (bicyclic) bond motifs is 1. The zero-order valence-electron chi connectivity index (χ0n) is 21.1. The van der Waals surface area contributed by atoms with Crippen molar-refractivity contribution in [2.24, 2.45) is 0 Å². The Morgan fingerprint density at radius 3 is 2.34 bits per heavy atom. The summed E-state index contributed by atoms with van der Waals surface area (Å²) in [6, 6.07) is 10.8. The number of aliphatic hydroxyl groups excluding tert-OH is 1. The second kappa shape index (κ2) is 10.3. The Balaban J connectivity index is 1.70. The summed E-state index contributed by atoms with van der Waals surface area (Å²) in [5, 5.41) is 11.5. The normalized spacial score (nSPS) is 17.9. The first-order valence-corrected chi connectivity index (χ1v) is 11.8. The molecule has 196 valence electrons. The molecule has 0 spiro atoms. The van der Waals surface area contributed by atoms with Gasteiger partial charge in [-0.3, -0.25) is 14.6 Å². The van der Waals surface area contributed by atoms with Crippen molar-refractivity contribution in [3.05, 3.63) is 77.1 Å². The molecule has 1 N–H and O–H groups in total. The maximum Gasteiger partial charge on any atom is 0.295 e. The molecule has 0 bridgehead atoms. The molecular formula is C28H26N2O8. The van der Waals surface area contributed by atoms with Crippen LogP contribution >= 0.6 is 0 Å². The van der Waals surface area contributed by atoms with Crippen molar-refractivity contribution in [1.29, 1.82) is 0 Å². The van der Waals surface area contributed by atoms with Gasteiger partial charge in [0.15, 0.2) is 23.0 Å². The van der Waals surface area contributed by atoms with Crippen LogP contribution in [0.15, 0.2) is 60.4 Å². The van der Waals surface area contributed by atoms with Gasteiger partial charge in [0.2, 0.25) is 5.75 Å². The highest BCUT2D eigenvalue weighted by Gasteiger charge is 2.46. The number of rotatable bonds is 7. The summed E-state index contributed by atoms with van der Waals surface area (Å²) in [6.45, 7) is 0.856. The van der Waals surface area contributed by atoms with Crippen molar-refractivity contribution in [2.75, 3.05) is 34.5 Å². The largest absolute Gasteiger partial charge is 0.507 e. The molecule has 10 heteroatoms. The van der Waals surface area contributed by atoms with Crippen LogP contribution in [0.25, 0.3) is 5.76 Å². The van der Waals surface area contributed by atoms with Crippen molar-refractivity contribution in [1.82, 2.24) is 9.88 Å². The summed E-state index contributed by atoms with van der Waals surface area (Å²) in [5.74, 6) is 0.0933. The quantitative estimate of drug-likeness (QED) is 0.285. The van der Waals surface area contributed by atoms with Crippen LogP contribution in [0.1, 0.15) is 22.7 Å². The Labute approximate surface area is 219 Å². The van der Waals surface area contributed by atoms with E-state index in [1.807, 2.05) is 0 Å². The van der Waals surface area contributed by atoms with E-state index >= 15 is 0 Å². The number of aliphatic hydroxyl groups is 1. The van der Waals surface area contributed by atoms with Gasteiger partial charge in [0.25, 0.3) is 11.7 Å². The zero-order valence-corrected chi connectivity index (χ0v) is 21.1. The number of Topliss-reactive ketones (excluding diaryl/α,β-unsaturated/α-hetero) is 1. The van der Waals surface area contributed by atoms with Crippen LogP contribution in [0.5, 0.6) is 28.7 Å². The molecule has 2 aromatic carbocycles. The fraction of sp³-hybridized carbons (Fsp3) is 0.250. The van der Waals surface area contributed by atoms with Gasteiger partial charge < -0.3 is 33.7 Å². The van der Waals surface area contributed by atoms with Crippen LogP contribution in [0.3, 0.4) is 0 Å². The Bertz CT molecular complexity index is 1390. The SMILES string of the molecule is COc1cc([C@H]2C(=C(O)c3ccc4c(c3)OCCO4)C(=O)C(=O)N2Cc2cccnc2)cc(OC)c1OC. The van der Waals surface area contributed by atoms with Gasteiger partial charge in [-0.1, -0.05) is 6.07 Å². The van der Waals surface area contributed by atoms with E-state index in [1.54, 1.807) is 54.9 Å². The number of aromatic nitrogens is 1. The Morgan fingerprint density at radius 1 is 1.00 bits per heavy atom. The van der Waals surface area contributed by atoms with E-state index in [9.17, 15) is 14.7 Å². The highest BCUT2D eigenvalue weighted by Crippen LogP contribution is 2.46. The van der Waals surface area contributed by atoms with E-state index in [1.165, 1.54) is 26.2 Å². The number of amides is 1. The van der Waals surface area contributed by atoms with Crippen molar-refractivity contribution in [3.63, 3.8) is 0 Å². The third-order valence-electron chi connectivity index (χ3n) is 6.43. The second-order valence-corrected chi connectivity index (χ2v) is 8.61. The maximum absolute atomic E-state index is 13.5. The number of likely N-dealkylation sites (tertiary alicyclic amines) is 1. The average molecular weight is 519 g/mol. The first-order chi connectivity index (χ1) is 18.5. The van der Waals surface area contributed by atoms with Crippen LogP contribution in [0.4, 0.5) is 0 Å². The highest BCUT2D eigenvalue weighted by molar-refractivity contribution is 6.46. The standard InChI is InChI=1S/C28H26N2O8/c1-34-21-12-18(13-22(35-2)27(21)36-3)24-23(25(31)17-6-7-19-20(11-17)38-10-9-37-19)26(32)28(33)30(24)15-16-5-4-8-29-14-16/h4-8,11-14,24,31H,9-10,15H2,1-3H3/t24-/m0/s1. The number of nitrogens with zero attached hydrogens (tertiary/aromatic N) is 2. The monoisotopic (exact) mass is 518 g/mol. The highest BCUT2D eigenvalue weighted by atomic mass is 16.6. The van der Waals surface area contributed by atoms with Gasteiger partial charge in [-0.15, -0.1) is 0 Å². The zero-order chi connectivity index (χ0) is 26.8. The molecule has 1 saturated heterocycles. The van der Waals surface area contributed by atoms with Gasteiger partial charge in [0.1, 0.15) is 19.0 Å². The molecule has 5 rings (SSSR count). The van der Waals surface area contributed by atoms with E-state index < -0.39 is 17.7 Å². The van der Waals surface area contributed by atoms with Crippen molar-refractivity contribution < 1.29 is 38.4 Å². The first kappa shape index (κ1) is 24.9. The lowest BCUT2D eigenvalue weighted by atomic mass is 9.94. The van der Waals surface area contributed by atoms with Gasteiger partial charge in [-0.05, 0) is 47.5 Å². The average Bonchev–Trinajstić information content (AvgIpc) is 3.21. The summed E-state index contributed by atoms with van der Waals surface area (Å²) in [4.78, 5) is 32.4. The third kappa shape index (κ3) is 4.34. The summed E-state index contributed by atoms with van der Waals surface area (Å²) >= 11 is 0. The van der Waals surface area contributed by atoms with E-state index in [2.05, 4.69) is 4.98 Å². The van der Waals surface area contributed by atoms with Crippen LogP contribution < -0.4 is 23.7 Å². The fourth-order valence-electron chi connectivity index (χ4n) is 4.68. The minimum Gasteiger partial charge on any atom is -0.507 e. The molecule has 1 atom stereocenters. The fourth-order valence-corrected chi connectivity index (χ4v) is 4.68. The molecule has 0 radical (unpaired) electrons. The van der Waals surface area contributed by atoms with Crippen molar-refractivity contribution >= 4 is 17.4 Å². The van der Waals surface area contributed by atoms with E-state index in [-0.39, 0.29) is 17.9 Å². The number of hydrogen-bond donors (Lipinski definition) is 1. The van der Waals surface area contributed by atoms with Crippen LogP contribution in [-0.2, 0) is 16.1 Å². The smallest absolute Gasteiger partial charge is 0.295 e. The molecule has 0 unspecified atom stereocenters. The summed E-state index contributed by atoms with van der Waals surface area (Å²) < 4.78 is 27.7. The molecule has 38 heavy (non-hydrogen) atoms. The van der Waals surface area contributed by atoms with Gasteiger partial charge in [-0.25, -0.2) is 0 Å². The van der Waals surface area contributed by atoms with Gasteiger partial charge in [0.05, 0.1) is 32.9 Å². The number of carbonyl (C=O) groups is 2. The topological polar surface area (TPSA) is 117 Å². The number of hydrogen-bond acceptors (Lipinski definition) is 9. The lowest BCUT2D eigenvalue weighted by Gasteiger charge is -2.26. The third-order valence-corrected chi connectivity index (χ3v) is 6.43. The molecule has 3 aromatic rings. The number of methoxy groups -OCH3 is 3. The minimum atomic E-state index is -0.961. The molecule has 1 amide bonds. The van der Waals surface area contributed by atoms with Gasteiger partial charge in [-0.2, -0.15) is 0 Å². The molecule has 1 aromatic heterocycles. The van der Waals surface area contributed by atoms with Gasteiger partial charge >= 0.3 is 0 Å². The molecule has 10 nitrogen and oxygen atoms in total. The number of pyridine rings is 1. The predicted molar refractivity (Wildman–Crippen MR) is 136 cm³/mol.